The molecule has 0 bridgehead atoms. The van der Waals surface area contributed by atoms with Gasteiger partial charge in [-0.25, -0.2) is 4.39 Å². The Morgan fingerprint density at radius 1 is 1.43 bits per heavy atom. The van der Waals surface area contributed by atoms with Gasteiger partial charge in [0.2, 0.25) is 0 Å². The fraction of sp³-hybridized carbons (Fsp3) is 0.235. The third-order valence-corrected chi connectivity index (χ3v) is 3.74. The predicted molar refractivity (Wildman–Crippen MR) is 79.4 cm³/mol. The molecule has 0 fully saturated rings. The number of anilines is 1. The van der Waals surface area contributed by atoms with Gasteiger partial charge in [-0.15, -0.1) is 0 Å². The lowest BCUT2D eigenvalue weighted by Crippen LogP contribution is -2.41. The van der Waals surface area contributed by atoms with Crippen LogP contribution in [0.1, 0.15) is 24.7 Å². The van der Waals surface area contributed by atoms with Gasteiger partial charge in [0.25, 0.3) is 5.91 Å². The normalized spacial score (nSPS) is 18.0. The maximum atomic E-state index is 13.3. The standard InChI is InChI=1S/C17H16FNO2/c1-12-4-5-13-11-14(18)6-8-16(13)19(12)17(20)9-7-15-3-2-10-21-15/h2-3,6-12H,4-5H2,1H3. The Kier molecular flexibility index (Phi) is 3.60. The van der Waals surface area contributed by atoms with Gasteiger partial charge in [0.1, 0.15) is 11.6 Å². The van der Waals surface area contributed by atoms with E-state index in [1.807, 2.05) is 6.92 Å². The number of hydrogen-bond acceptors (Lipinski definition) is 2. The summed E-state index contributed by atoms with van der Waals surface area (Å²) in [6.07, 6.45) is 6.32. The molecule has 0 N–H and O–H groups in total. The Morgan fingerprint density at radius 3 is 3.05 bits per heavy atom. The van der Waals surface area contributed by atoms with Crippen LogP contribution in [0.3, 0.4) is 0 Å². The Bertz CT molecular complexity index is 676. The summed E-state index contributed by atoms with van der Waals surface area (Å²) < 4.78 is 18.5. The van der Waals surface area contributed by atoms with Crippen LogP contribution in [0.15, 0.2) is 47.1 Å². The second kappa shape index (κ2) is 5.56. The van der Waals surface area contributed by atoms with Crippen molar-refractivity contribution in [2.24, 2.45) is 0 Å². The SMILES string of the molecule is CC1CCc2cc(F)ccc2N1C(=O)C=Cc1ccco1. The summed E-state index contributed by atoms with van der Waals surface area (Å²) in [5, 5.41) is 0. The van der Waals surface area contributed by atoms with Crippen molar-refractivity contribution < 1.29 is 13.6 Å². The number of nitrogens with zero attached hydrogens (tertiary/aromatic N) is 1. The molecule has 21 heavy (non-hydrogen) atoms. The molecular weight excluding hydrogens is 269 g/mol. The second-order valence-electron chi connectivity index (χ2n) is 5.22. The first kappa shape index (κ1) is 13.6. The molecule has 0 saturated heterocycles. The van der Waals surface area contributed by atoms with E-state index in [9.17, 15) is 9.18 Å². The molecule has 1 aromatic heterocycles. The van der Waals surface area contributed by atoms with Crippen molar-refractivity contribution in [3.05, 3.63) is 59.8 Å². The highest BCUT2D eigenvalue weighted by Crippen LogP contribution is 2.31. The molecule has 1 aliphatic rings. The Balaban J connectivity index is 1.89. The smallest absolute Gasteiger partial charge is 0.251 e. The van der Waals surface area contributed by atoms with E-state index in [0.29, 0.717) is 5.76 Å². The Labute approximate surface area is 122 Å². The average Bonchev–Trinajstić information content (AvgIpc) is 2.98. The van der Waals surface area contributed by atoms with Crippen LogP contribution < -0.4 is 4.90 Å². The van der Waals surface area contributed by atoms with E-state index in [4.69, 9.17) is 4.42 Å². The summed E-state index contributed by atoms with van der Waals surface area (Å²) >= 11 is 0. The van der Waals surface area contributed by atoms with Crippen molar-refractivity contribution in [1.29, 1.82) is 0 Å². The molecule has 1 aliphatic heterocycles. The highest BCUT2D eigenvalue weighted by Gasteiger charge is 2.27. The van der Waals surface area contributed by atoms with E-state index in [2.05, 4.69) is 0 Å². The van der Waals surface area contributed by atoms with Crippen LogP contribution >= 0.6 is 0 Å². The summed E-state index contributed by atoms with van der Waals surface area (Å²) in [4.78, 5) is 14.2. The predicted octanol–water partition coefficient (Wildman–Crippen LogP) is 3.80. The minimum atomic E-state index is -0.262. The quantitative estimate of drug-likeness (QED) is 0.786. The van der Waals surface area contributed by atoms with Crippen LogP contribution in [0.25, 0.3) is 6.08 Å². The third-order valence-electron chi connectivity index (χ3n) is 3.74. The van der Waals surface area contributed by atoms with Crippen LogP contribution in [0.4, 0.5) is 10.1 Å². The fourth-order valence-electron chi connectivity index (χ4n) is 2.68. The van der Waals surface area contributed by atoms with Gasteiger partial charge in [-0.05, 0) is 61.7 Å². The van der Waals surface area contributed by atoms with Crippen LogP contribution in [0.5, 0.6) is 0 Å². The lowest BCUT2D eigenvalue weighted by Gasteiger charge is -2.34. The van der Waals surface area contributed by atoms with Gasteiger partial charge in [-0.2, -0.15) is 0 Å². The summed E-state index contributed by atoms with van der Waals surface area (Å²) in [5.74, 6) is 0.251. The number of carbonyl (C=O) groups is 1. The zero-order valence-electron chi connectivity index (χ0n) is 11.8. The van der Waals surface area contributed by atoms with Crippen molar-refractivity contribution in [3.63, 3.8) is 0 Å². The first-order valence-corrected chi connectivity index (χ1v) is 6.98. The van der Waals surface area contributed by atoms with Crippen molar-refractivity contribution in [2.45, 2.75) is 25.8 Å². The summed E-state index contributed by atoms with van der Waals surface area (Å²) in [6, 6.07) is 8.24. The maximum absolute atomic E-state index is 13.3. The molecule has 2 aromatic rings. The number of halogens is 1. The molecule has 108 valence electrons. The molecule has 1 aromatic carbocycles. The number of furan rings is 1. The van der Waals surface area contributed by atoms with Gasteiger partial charge < -0.3 is 9.32 Å². The number of rotatable bonds is 2. The molecule has 1 atom stereocenters. The number of aryl methyl sites for hydroxylation is 1. The number of hydrogen-bond donors (Lipinski definition) is 0. The molecule has 3 nitrogen and oxygen atoms in total. The average molecular weight is 285 g/mol. The van der Waals surface area contributed by atoms with Gasteiger partial charge in [0.15, 0.2) is 0 Å². The summed E-state index contributed by atoms with van der Waals surface area (Å²) in [6.45, 7) is 2.00. The molecule has 0 spiro atoms. The molecule has 2 heterocycles. The minimum Gasteiger partial charge on any atom is -0.465 e. The first-order valence-electron chi connectivity index (χ1n) is 6.98. The van der Waals surface area contributed by atoms with Gasteiger partial charge in [-0.3, -0.25) is 4.79 Å². The maximum Gasteiger partial charge on any atom is 0.251 e. The molecule has 0 saturated carbocycles. The third kappa shape index (κ3) is 2.75. The second-order valence-corrected chi connectivity index (χ2v) is 5.22. The van der Waals surface area contributed by atoms with Crippen molar-refractivity contribution in [2.75, 3.05) is 4.90 Å². The van der Waals surface area contributed by atoms with Crippen molar-refractivity contribution >= 4 is 17.7 Å². The monoisotopic (exact) mass is 285 g/mol. The van der Waals surface area contributed by atoms with E-state index in [1.54, 1.807) is 35.4 Å². The summed E-state index contributed by atoms with van der Waals surface area (Å²) in [7, 11) is 0. The lowest BCUT2D eigenvalue weighted by atomic mass is 9.96. The van der Waals surface area contributed by atoms with Crippen molar-refractivity contribution in [1.82, 2.24) is 0 Å². The topological polar surface area (TPSA) is 33.5 Å². The van der Waals surface area contributed by atoms with E-state index < -0.39 is 0 Å². The van der Waals surface area contributed by atoms with E-state index in [0.717, 1.165) is 24.1 Å². The van der Waals surface area contributed by atoms with Crippen LogP contribution in [-0.4, -0.2) is 11.9 Å². The number of amides is 1. The number of fused-ring (bicyclic) bond motifs is 1. The Hall–Kier alpha value is -2.36. The molecule has 4 heteroatoms. The zero-order valence-corrected chi connectivity index (χ0v) is 11.8. The van der Waals surface area contributed by atoms with Crippen molar-refractivity contribution in [3.8, 4) is 0 Å². The molecule has 1 unspecified atom stereocenters. The number of carbonyl (C=O) groups excluding carboxylic acids is 1. The van der Waals surface area contributed by atoms with Gasteiger partial charge in [0.05, 0.1) is 6.26 Å². The van der Waals surface area contributed by atoms with E-state index in [-0.39, 0.29) is 17.8 Å². The first-order chi connectivity index (χ1) is 10.1. The van der Waals surface area contributed by atoms with Gasteiger partial charge in [0, 0.05) is 17.8 Å². The fourth-order valence-corrected chi connectivity index (χ4v) is 2.68. The molecule has 3 rings (SSSR count). The molecule has 0 aliphatic carbocycles. The van der Waals surface area contributed by atoms with Crippen LogP contribution in [-0.2, 0) is 11.2 Å². The highest BCUT2D eigenvalue weighted by molar-refractivity contribution is 6.04. The minimum absolute atomic E-state index is 0.0942. The summed E-state index contributed by atoms with van der Waals surface area (Å²) in [5.41, 5.74) is 1.68. The van der Waals surface area contributed by atoms with E-state index in [1.165, 1.54) is 18.2 Å². The van der Waals surface area contributed by atoms with E-state index >= 15 is 0 Å². The molecule has 1 amide bonds. The number of benzene rings is 1. The Morgan fingerprint density at radius 2 is 2.29 bits per heavy atom. The van der Waals surface area contributed by atoms with Crippen LogP contribution in [0.2, 0.25) is 0 Å². The zero-order chi connectivity index (χ0) is 14.8. The lowest BCUT2D eigenvalue weighted by molar-refractivity contribution is -0.114. The van der Waals surface area contributed by atoms with Gasteiger partial charge in [-0.1, -0.05) is 0 Å². The molecular formula is C17H16FNO2. The van der Waals surface area contributed by atoms with Gasteiger partial charge >= 0.3 is 0 Å². The largest absolute Gasteiger partial charge is 0.465 e. The highest BCUT2D eigenvalue weighted by atomic mass is 19.1. The van der Waals surface area contributed by atoms with Crippen LogP contribution in [0, 0.1) is 5.82 Å². The molecule has 0 radical (unpaired) electrons.